The molecule has 0 aliphatic heterocycles. The van der Waals surface area contributed by atoms with E-state index in [1.54, 1.807) is 18.2 Å². The van der Waals surface area contributed by atoms with E-state index in [2.05, 4.69) is 33.4 Å². The van der Waals surface area contributed by atoms with Gasteiger partial charge < -0.3 is 10.1 Å². The molecule has 1 aliphatic carbocycles. The van der Waals surface area contributed by atoms with Crippen molar-refractivity contribution in [3.8, 4) is 0 Å². The summed E-state index contributed by atoms with van der Waals surface area (Å²) in [6.45, 7) is 0. The predicted molar refractivity (Wildman–Crippen MR) is 101 cm³/mol. The molecule has 0 radical (unpaired) electrons. The first-order chi connectivity index (χ1) is 12.1. The van der Waals surface area contributed by atoms with Crippen LogP contribution in [0.5, 0.6) is 0 Å². The van der Waals surface area contributed by atoms with Crippen molar-refractivity contribution < 1.29 is 14.3 Å². The minimum absolute atomic E-state index is 0.0999. The zero-order valence-electron chi connectivity index (χ0n) is 13.8. The molecule has 0 spiro atoms. The molecule has 3 rings (SSSR count). The Balaban J connectivity index is 1.83. The van der Waals surface area contributed by atoms with Gasteiger partial charge in [0.2, 0.25) is 0 Å². The van der Waals surface area contributed by atoms with Gasteiger partial charge in [0.05, 0.1) is 22.8 Å². The zero-order chi connectivity index (χ0) is 17.8. The van der Waals surface area contributed by atoms with Crippen molar-refractivity contribution in [2.75, 3.05) is 12.4 Å². The van der Waals surface area contributed by atoms with Gasteiger partial charge in [-0.15, -0.1) is 0 Å². The molecule has 5 heteroatoms. The third-order valence-electron chi connectivity index (χ3n) is 4.22. The molecule has 0 heterocycles. The third-order valence-corrected chi connectivity index (χ3v) is 5.07. The quantitative estimate of drug-likeness (QED) is 0.758. The molecule has 1 unspecified atom stereocenters. The number of methoxy groups -OCH3 is 1. The van der Waals surface area contributed by atoms with Crippen LogP contribution in [0.15, 0.2) is 64.8 Å². The molecule has 0 saturated carbocycles. The first-order valence-corrected chi connectivity index (χ1v) is 8.80. The second-order valence-corrected chi connectivity index (χ2v) is 6.73. The molecule has 1 aliphatic rings. The Morgan fingerprint density at radius 1 is 1.12 bits per heavy atom. The fourth-order valence-corrected chi connectivity index (χ4v) is 3.54. The molecule has 0 aromatic heterocycles. The minimum Gasteiger partial charge on any atom is -0.465 e. The smallest absolute Gasteiger partial charge is 0.339 e. The van der Waals surface area contributed by atoms with Crippen LogP contribution in [0.1, 0.15) is 34.7 Å². The van der Waals surface area contributed by atoms with Crippen LogP contribution in [0.3, 0.4) is 0 Å². The highest BCUT2D eigenvalue weighted by atomic mass is 79.9. The van der Waals surface area contributed by atoms with Gasteiger partial charge in [0.1, 0.15) is 0 Å². The summed E-state index contributed by atoms with van der Waals surface area (Å²) in [5.41, 5.74) is 3.17. The molecule has 128 valence electrons. The van der Waals surface area contributed by atoms with E-state index in [0.29, 0.717) is 16.5 Å². The number of carbonyl (C=O) groups excluding carboxylic acids is 2. The lowest BCUT2D eigenvalue weighted by atomic mass is 9.85. The number of hydrogen-bond donors (Lipinski definition) is 1. The Morgan fingerprint density at radius 3 is 2.60 bits per heavy atom. The van der Waals surface area contributed by atoms with Crippen LogP contribution in [0, 0.1) is 0 Å². The number of benzene rings is 2. The number of halogens is 1. The van der Waals surface area contributed by atoms with Gasteiger partial charge in [0.25, 0.3) is 0 Å². The van der Waals surface area contributed by atoms with Crippen molar-refractivity contribution in [1.82, 2.24) is 0 Å². The van der Waals surface area contributed by atoms with Crippen molar-refractivity contribution in [3.05, 3.63) is 75.9 Å². The maximum atomic E-state index is 12.2. The van der Waals surface area contributed by atoms with E-state index in [4.69, 9.17) is 4.74 Å². The number of carbonyl (C=O) groups is 2. The van der Waals surface area contributed by atoms with Crippen molar-refractivity contribution in [2.24, 2.45) is 0 Å². The molecule has 0 bridgehead atoms. The number of rotatable bonds is 4. The molecular weight excluding hydrogens is 382 g/mol. The zero-order valence-corrected chi connectivity index (χ0v) is 15.4. The Labute approximate surface area is 155 Å². The molecule has 25 heavy (non-hydrogen) atoms. The lowest BCUT2D eigenvalue weighted by molar-refractivity contribution is -0.115. The van der Waals surface area contributed by atoms with Crippen LogP contribution < -0.4 is 5.32 Å². The highest BCUT2D eigenvalue weighted by Crippen LogP contribution is 2.34. The van der Waals surface area contributed by atoms with E-state index in [9.17, 15) is 9.59 Å². The van der Waals surface area contributed by atoms with Crippen molar-refractivity contribution >= 4 is 33.4 Å². The van der Waals surface area contributed by atoms with Gasteiger partial charge in [-0.25, -0.2) is 4.79 Å². The second-order valence-electron chi connectivity index (χ2n) is 5.94. The summed E-state index contributed by atoms with van der Waals surface area (Å²) < 4.78 is 5.41. The average Bonchev–Trinajstić information content (AvgIpc) is 2.63. The van der Waals surface area contributed by atoms with E-state index >= 15 is 0 Å². The fraction of sp³-hybridized carbons (Fsp3) is 0.200. The number of ketones is 1. The van der Waals surface area contributed by atoms with E-state index in [0.717, 1.165) is 23.4 Å². The van der Waals surface area contributed by atoms with E-state index in [-0.39, 0.29) is 11.7 Å². The van der Waals surface area contributed by atoms with Gasteiger partial charge in [-0.1, -0.05) is 36.4 Å². The van der Waals surface area contributed by atoms with Crippen LogP contribution in [-0.4, -0.2) is 18.9 Å². The summed E-state index contributed by atoms with van der Waals surface area (Å²) in [7, 11) is 1.35. The molecular formula is C20H18BrNO3. The average molecular weight is 400 g/mol. The van der Waals surface area contributed by atoms with Gasteiger partial charge in [-0.05, 0) is 46.0 Å². The Morgan fingerprint density at radius 2 is 1.88 bits per heavy atom. The van der Waals surface area contributed by atoms with Gasteiger partial charge in [-0.2, -0.15) is 0 Å². The largest absolute Gasteiger partial charge is 0.465 e. The molecule has 2 aromatic carbocycles. The predicted octanol–water partition coefficient (Wildman–Crippen LogP) is 4.68. The number of allylic oxidation sites excluding steroid dienone is 2. The minimum atomic E-state index is -0.411. The number of hydrogen-bond acceptors (Lipinski definition) is 4. The number of anilines is 1. The molecule has 0 saturated heterocycles. The van der Waals surface area contributed by atoms with Crippen molar-refractivity contribution in [1.29, 1.82) is 0 Å². The van der Waals surface area contributed by atoms with E-state index in [1.807, 2.05) is 24.3 Å². The molecule has 1 atom stereocenters. The Bertz CT molecular complexity index is 830. The van der Waals surface area contributed by atoms with E-state index < -0.39 is 5.97 Å². The van der Waals surface area contributed by atoms with E-state index in [1.165, 1.54) is 7.11 Å². The van der Waals surface area contributed by atoms with Gasteiger partial charge in [-0.3, -0.25) is 4.79 Å². The van der Waals surface area contributed by atoms with Crippen molar-refractivity contribution in [2.45, 2.75) is 18.8 Å². The normalized spacial score (nSPS) is 17.0. The maximum absolute atomic E-state index is 12.2. The summed E-state index contributed by atoms with van der Waals surface area (Å²) >= 11 is 3.45. The van der Waals surface area contributed by atoms with Crippen LogP contribution in [0.2, 0.25) is 0 Å². The summed E-state index contributed by atoms with van der Waals surface area (Å²) in [5.74, 6) is -0.155. The maximum Gasteiger partial charge on any atom is 0.339 e. The Kier molecular flexibility index (Phi) is 5.34. The van der Waals surface area contributed by atoms with Gasteiger partial charge >= 0.3 is 5.97 Å². The molecule has 0 amide bonds. The molecule has 0 fully saturated rings. The van der Waals surface area contributed by atoms with Crippen LogP contribution in [0.4, 0.5) is 5.69 Å². The van der Waals surface area contributed by atoms with Gasteiger partial charge in [0.15, 0.2) is 5.78 Å². The molecule has 2 aromatic rings. The van der Waals surface area contributed by atoms with Gasteiger partial charge in [0, 0.05) is 18.2 Å². The first kappa shape index (κ1) is 17.4. The Hall–Kier alpha value is -2.40. The third kappa shape index (κ3) is 3.99. The van der Waals surface area contributed by atoms with Crippen LogP contribution in [0.25, 0.3) is 0 Å². The second kappa shape index (κ2) is 7.66. The highest BCUT2D eigenvalue weighted by Gasteiger charge is 2.23. The summed E-state index contributed by atoms with van der Waals surface area (Å²) in [4.78, 5) is 24.0. The van der Waals surface area contributed by atoms with Crippen molar-refractivity contribution in [3.63, 3.8) is 0 Å². The molecule has 4 nitrogen and oxygen atoms in total. The highest BCUT2D eigenvalue weighted by molar-refractivity contribution is 9.10. The first-order valence-electron chi connectivity index (χ1n) is 8.00. The summed E-state index contributed by atoms with van der Waals surface area (Å²) in [5, 5.41) is 3.28. The fourth-order valence-electron chi connectivity index (χ4n) is 3.01. The topological polar surface area (TPSA) is 55.4 Å². The summed E-state index contributed by atoms with van der Waals surface area (Å²) in [6, 6.07) is 15.4. The standard InChI is InChI=1S/C20H18BrNO3/c1-25-20(24)17-8-5-9-18(19(17)21)22-15-10-14(11-16(23)12-15)13-6-3-2-4-7-13/h2-9,12,14,22H,10-11H2,1H3. The number of esters is 1. The number of nitrogens with one attached hydrogen (secondary N) is 1. The van der Waals surface area contributed by atoms with Crippen LogP contribution in [-0.2, 0) is 9.53 Å². The molecule has 1 N–H and O–H groups in total. The lowest BCUT2D eigenvalue weighted by Crippen LogP contribution is -2.17. The monoisotopic (exact) mass is 399 g/mol. The summed E-state index contributed by atoms with van der Waals surface area (Å²) in [6.07, 6.45) is 2.90. The number of ether oxygens (including phenoxy) is 1. The lowest BCUT2D eigenvalue weighted by Gasteiger charge is -2.24. The SMILES string of the molecule is COC(=O)c1cccc(NC2=CC(=O)CC(c3ccccc3)C2)c1Br. The van der Waals surface area contributed by atoms with Crippen LogP contribution >= 0.6 is 15.9 Å².